The Balaban J connectivity index is 1.86. The van der Waals surface area contributed by atoms with Crippen molar-refractivity contribution in [1.82, 2.24) is 20.3 Å². The Bertz CT molecular complexity index is 682. The van der Waals surface area contributed by atoms with Gasteiger partial charge in [0.15, 0.2) is 0 Å². The lowest BCUT2D eigenvalue weighted by Crippen LogP contribution is -2.46. The van der Waals surface area contributed by atoms with E-state index in [-0.39, 0.29) is 11.1 Å². The lowest BCUT2D eigenvalue weighted by atomic mass is 9.81. The number of hydrogen-bond donors (Lipinski definition) is 3. The smallest absolute Gasteiger partial charge is 0.277 e. The summed E-state index contributed by atoms with van der Waals surface area (Å²) in [4.78, 5) is 22.1. The van der Waals surface area contributed by atoms with Crippen LogP contribution in [0.1, 0.15) is 28.8 Å². The topological polar surface area (TPSA) is 90.4 Å². The molecule has 7 heteroatoms. The Labute approximate surface area is 140 Å². The van der Waals surface area contributed by atoms with Gasteiger partial charge >= 0.3 is 0 Å². The highest BCUT2D eigenvalue weighted by molar-refractivity contribution is 5.92. The van der Waals surface area contributed by atoms with Crippen LogP contribution in [0.15, 0.2) is 42.7 Å². The molecule has 1 aromatic heterocycles. The quantitative estimate of drug-likeness (QED) is 0.584. The monoisotopic (exact) mass is 327 g/mol. The van der Waals surface area contributed by atoms with Crippen LogP contribution in [0.3, 0.4) is 0 Å². The van der Waals surface area contributed by atoms with Gasteiger partial charge in [-0.25, -0.2) is 15.4 Å². The van der Waals surface area contributed by atoms with Gasteiger partial charge in [0, 0.05) is 25.5 Å². The minimum absolute atomic E-state index is 0.209. The molecular weight excluding hydrogens is 306 g/mol. The molecule has 3 N–H and O–H groups in total. The zero-order valence-electron chi connectivity index (χ0n) is 13.6. The highest BCUT2D eigenvalue weighted by Gasteiger charge is 2.36. The standard InChI is InChI=1S/C17H21N5O2/c1-22-9-7-17(8-10-22,14-5-3-2-4-6-14)20-16-18-11-13(12-19-16)15(23)21-24/h2-6,11-12,24H,7-10H2,1H3,(H,21,23)(H,18,19,20). The maximum Gasteiger partial charge on any atom is 0.277 e. The Kier molecular flexibility index (Phi) is 4.73. The van der Waals surface area contributed by atoms with Crippen LogP contribution < -0.4 is 10.8 Å². The molecule has 0 saturated carbocycles. The minimum atomic E-state index is -0.626. The molecule has 1 aromatic carbocycles. The van der Waals surface area contributed by atoms with E-state index in [9.17, 15) is 4.79 Å². The normalized spacial score (nSPS) is 17.2. The van der Waals surface area contributed by atoms with Crippen LogP contribution in [0, 0.1) is 0 Å². The molecule has 24 heavy (non-hydrogen) atoms. The number of likely N-dealkylation sites (tertiary alicyclic amines) is 1. The Morgan fingerprint density at radius 1 is 1.17 bits per heavy atom. The van der Waals surface area contributed by atoms with Gasteiger partial charge in [-0.1, -0.05) is 30.3 Å². The summed E-state index contributed by atoms with van der Waals surface area (Å²) in [5.74, 6) is -0.156. The summed E-state index contributed by atoms with van der Waals surface area (Å²) in [5.41, 5.74) is 2.76. The van der Waals surface area contributed by atoms with E-state index in [2.05, 4.69) is 39.4 Å². The fourth-order valence-corrected chi connectivity index (χ4v) is 3.03. The lowest BCUT2D eigenvalue weighted by molar-refractivity contribution is 0.0705. The summed E-state index contributed by atoms with van der Waals surface area (Å²) in [7, 11) is 2.12. The Morgan fingerprint density at radius 3 is 2.38 bits per heavy atom. The maximum absolute atomic E-state index is 11.4. The molecule has 0 aliphatic carbocycles. The lowest BCUT2D eigenvalue weighted by Gasteiger charge is -2.41. The first-order valence-electron chi connectivity index (χ1n) is 7.92. The third kappa shape index (κ3) is 3.37. The summed E-state index contributed by atoms with van der Waals surface area (Å²) >= 11 is 0. The van der Waals surface area contributed by atoms with Crippen LogP contribution in [-0.4, -0.2) is 46.1 Å². The second-order valence-corrected chi connectivity index (χ2v) is 6.11. The van der Waals surface area contributed by atoms with Gasteiger partial charge in [0.1, 0.15) is 0 Å². The Morgan fingerprint density at radius 2 is 1.79 bits per heavy atom. The Hall–Kier alpha value is -2.51. The SMILES string of the molecule is CN1CCC(Nc2ncc(C(=O)NO)cn2)(c2ccccc2)CC1. The highest BCUT2D eigenvalue weighted by Crippen LogP contribution is 2.35. The summed E-state index contributed by atoms with van der Waals surface area (Å²) in [6.07, 6.45) is 4.68. The zero-order chi connectivity index (χ0) is 17.0. The van der Waals surface area contributed by atoms with Gasteiger partial charge in [-0.3, -0.25) is 10.0 Å². The molecule has 1 amide bonds. The van der Waals surface area contributed by atoms with E-state index in [4.69, 9.17) is 5.21 Å². The van der Waals surface area contributed by atoms with Crippen molar-refractivity contribution in [3.05, 3.63) is 53.9 Å². The van der Waals surface area contributed by atoms with Gasteiger partial charge in [0.05, 0.1) is 11.1 Å². The number of nitrogens with zero attached hydrogens (tertiary/aromatic N) is 3. The van der Waals surface area contributed by atoms with Crippen LogP contribution in [0.5, 0.6) is 0 Å². The molecule has 0 radical (unpaired) electrons. The molecule has 126 valence electrons. The number of aromatic nitrogens is 2. The van der Waals surface area contributed by atoms with Crippen LogP contribution >= 0.6 is 0 Å². The fraction of sp³-hybridized carbons (Fsp3) is 0.353. The molecule has 1 aliphatic rings. The van der Waals surface area contributed by atoms with Crippen molar-refractivity contribution >= 4 is 11.9 Å². The number of amides is 1. The number of hydrogen-bond acceptors (Lipinski definition) is 6. The largest absolute Gasteiger partial charge is 0.345 e. The van der Waals surface area contributed by atoms with E-state index in [1.165, 1.54) is 18.0 Å². The first-order valence-corrected chi connectivity index (χ1v) is 7.92. The molecule has 2 heterocycles. The molecule has 0 bridgehead atoms. The van der Waals surface area contributed by atoms with Gasteiger partial charge in [0.2, 0.25) is 5.95 Å². The van der Waals surface area contributed by atoms with E-state index in [0.717, 1.165) is 25.9 Å². The summed E-state index contributed by atoms with van der Waals surface area (Å²) in [6, 6.07) is 10.3. The van der Waals surface area contributed by atoms with E-state index < -0.39 is 5.91 Å². The third-order valence-corrected chi connectivity index (χ3v) is 4.53. The molecule has 0 unspecified atom stereocenters. The summed E-state index contributed by atoms with van der Waals surface area (Å²) in [6.45, 7) is 1.96. The highest BCUT2D eigenvalue weighted by atomic mass is 16.5. The molecule has 1 fully saturated rings. The van der Waals surface area contributed by atoms with E-state index in [0.29, 0.717) is 5.95 Å². The van der Waals surface area contributed by atoms with Gasteiger partial charge in [-0.05, 0) is 25.5 Å². The number of nitrogens with one attached hydrogen (secondary N) is 2. The first kappa shape index (κ1) is 16.4. The molecular formula is C17H21N5O2. The van der Waals surface area contributed by atoms with Crippen molar-refractivity contribution in [1.29, 1.82) is 0 Å². The number of hydroxylamine groups is 1. The average molecular weight is 327 g/mol. The van der Waals surface area contributed by atoms with Crippen molar-refractivity contribution in [2.24, 2.45) is 0 Å². The van der Waals surface area contributed by atoms with Crippen molar-refractivity contribution in [3.63, 3.8) is 0 Å². The van der Waals surface area contributed by atoms with E-state index in [1.807, 2.05) is 18.2 Å². The van der Waals surface area contributed by atoms with Crippen LogP contribution in [-0.2, 0) is 5.54 Å². The van der Waals surface area contributed by atoms with Gasteiger partial charge < -0.3 is 10.2 Å². The molecule has 0 atom stereocenters. The summed E-state index contributed by atoms with van der Waals surface area (Å²) < 4.78 is 0. The minimum Gasteiger partial charge on any atom is -0.345 e. The van der Waals surface area contributed by atoms with Crippen molar-refractivity contribution in [3.8, 4) is 0 Å². The van der Waals surface area contributed by atoms with Crippen LogP contribution in [0.2, 0.25) is 0 Å². The van der Waals surface area contributed by atoms with Crippen molar-refractivity contribution < 1.29 is 10.0 Å². The predicted octanol–water partition coefficient (Wildman–Crippen LogP) is 1.63. The van der Waals surface area contributed by atoms with E-state index in [1.54, 1.807) is 5.48 Å². The van der Waals surface area contributed by atoms with Gasteiger partial charge in [0.25, 0.3) is 5.91 Å². The van der Waals surface area contributed by atoms with Gasteiger partial charge in [-0.15, -0.1) is 0 Å². The van der Waals surface area contributed by atoms with Crippen molar-refractivity contribution in [2.75, 3.05) is 25.5 Å². The second kappa shape index (κ2) is 6.94. The third-order valence-electron chi connectivity index (χ3n) is 4.53. The molecule has 0 spiro atoms. The molecule has 3 rings (SSSR count). The van der Waals surface area contributed by atoms with Crippen molar-refractivity contribution in [2.45, 2.75) is 18.4 Å². The van der Waals surface area contributed by atoms with Crippen LogP contribution in [0.4, 0.5) is 5.95 Å². The number of carbonyl (C=O) groups is 1. The molecule has 1 aliphatic heterocycles. The fourth-order valence-electron chi connectivity index (χ4n) is 3.03. The predicted molar refractivity (Wildman–Crippen MR) is 89.8 cm³/mol. The number of rotatable bonds is 4. The van der Waals surface area contributed by atoms with Gasteiger partial charge in [-0.2, -0.15) is 0 Å². The number of piperidine rings is 1. The first-order chi connectivity index (χ1) is 11.6. The molecule has 1 saturated heterocycles. The molecule has 2 aromatic rings. The van der Waals surface area contributed by atoms with E-state index >= 15 is 0 Å². The summed E-state index contributed by atoms with van der Waals surface area (Å²) in [5, 5.41) is 12.1. The number of benzene rings is 1. The second-order valence-electron chi connectivity index (χ2n) is 6.11. The number of carbonyl (C=O) groups excluding carboxylic acids is 1. The molecule has 7 nitrogen and oxygen atoms in total. The average Bonchev–Trinajstić information content (AvgIpc) is 2.64. The number of anilines is 1. The maximum atomic E-state index is 11.4. The van der Waals surface area contributed by atoms with Crippen LogP contribution in [0.25, 0.3) is 0 Å². The zero-order valence-corrected chi connectivity index (χ0v) is 13.6.